The molecule has 10 nitrogen and oxygen atoms in total. The second kappa shape index (κ2) is 9.10. The van der Waals surface area contributed by atoms with E-state index in [2.05, 4.69) is 5.32 Å². The molecule has 0 amide bonds. The molecule has 2 aliphatic rings. The van der Waals surface area contributed by atoms with Gasteiger partial charge >= 0.3 is 0 Å². The average molecular weight is 449 g/mol. The minimum atomic E-state index is -1.55. The first-order valence-corrected chi connectivity index (χ1v) is 10.3. The second-order valence-corrected chi connectivity index (χ2v) is 7.90. The highest BCUT2D eigenvalue weighted by Gasteiger charge is 2.45. The minimum Gasteiger partial charge on any atom is -0.504 e. The summed E-state index contributed by atoms with van der Waals surface area (Å²) in [6.45, 7) is 0.114. The molecule has 2 aromatic carbocycles. The number of rotatable bonds is 5. The van der Waals surface area contributed by atoms with Crippen molar-refractivity contribution in [2.45, 2.75) is 43.2 Å². The fourth-order valence-corrected chi connectivity index (χ4v) is 4.13. The molecule has 174 valence electrons. The number of hydrogen-bond acceptors (Lipinski definition) is 10. The van der Waals surface area contributed by atoms with E-state index in [1.807, 2.05) is 0 Å². The summed E-state index contributed by atoms with van der Waals surface area (Å²) in [7, 11) is 1.45. The number of aromatic hydroxyl groups is 2. The molecule has 2 aliphatic heterocycles. The molecule has 3 unspecified atom stereocenters. The molecule has 2 aromatic rings. The Morgan fingerprint density at radius 3 is 2.47 bits per heavy atom. The Morgan fingerprint density at radius 1 is 1.00 bits per heavy atom. The maximum Gasteiger partial charge on any atom is 0.229 e. The number of ether oxygens (including phenoxy) is 3. The largest absolute Gasteiger partial charge is 0.504 e. The van der Waals surface area contributed by atoms with Crippen molar-refractivity contribution in [3.05, 3.63) is 47.0 Å². The third kappa shape index (κ3) is 4.08. The van der Waals surface area contributed by atoms with Gasteiger partial charge in [-0.3, -0.25) is 0 Å². The molecule has 2 heterocycles. The summed E-state index contributed by atoms with van der Waals surface area (Å²) in [5.74, 6) is 0.193. The monoisotopic (exact) mass is 449 g/mol. The normalized spacial score (nSPS) is 29.9. The van der Waals surface area contributed by atoms with Crippen molar-refractivity contribution >= 4 is 0 Å². The van der Waals surface area contributed by atoms with Crippen molar-refractivity contribution in [2.75, 3.05) is 20.3 Å². The summed E-state index contributed by atoms with van der Waals surface area (Å²) >= 11 is 0. The summed E-state index contributed by atoms with van der Waals surface area (Å²) < 4.78 is 16.6. The first-order chi connectivity index (χ1) is 15.3. The predicted molar refractivity (Wildman–Crippen MR) is 111 cm³/mol. The van der Waals surface area contributed by atoms with Crippen LogP contribution in [0.15, 0.2) is 30.3 Å². The molecule has 0 aromatic heterocycles. The van der Waals surface area contributed by atoms with Gasteiger partial charge < -0.3 is 50.2 Å². The molecule has 32 heavy (non-hydrogen) atoms. The lowest BCUT2D eigenvalue weighted by Gasteiger charge is -2.39. The van der Waals surface area contributed by atoms with Gasteiger partial charge in [0.25, 0.3) is 0 Å². The summed E-state index contributed by atoms with van der Waals surface area (Å²) in [4.78, 5) is 0. The van der Waals surface area contributed by atoms with E-state index in [1.165, 1.54) is 13.2 Å². The molecule has 0 radical (unpaired) electrons. The van der Waals surface area contributed by atoms with Crippen molar-refractivity contribution in [3.8, 4) is 23.0 Å². The number of phenols is 2. The van der Waals surface area contributed by atoms with Gasteiger partial charge in [0, 0.05) is 6.54 Å². The van der Waals surface area contributed by atoms with E-state index in [9.17, 15) is 30.6 Å². The summed E-state index contributed by atoms with van der Waals surface area (Å²) in [5, 5.41) is 62.6. The highest BCUT2D eigenvalue weighted by molar-refractivity contribution is 5.52. The van der Waals surface area contributed by atoms with Crippen molar-refractivity contribution in [1.82, 2.24) is 5.32 Å². The zero-order valence-corrected chi connectivity index (χ0v) is 17.4. The van der Waals surface area contributed by atoms with E-state index in [4.69, 9.17) is 14.2 Å². The molecule has 4 rings (SSSR count). The van der Waals surface area contributed by atoms with Crippen LogP contribution in [0.3, 0.4) is 0 Å². The maximum absolute atomic E-state index is 10.2. The van der Waals surface area contributed by atoms with Gasteiger partial charge in [0.2, 0.25) is 6.29 Å². The van der Waals surface area contributed by atoms with Crippen molar-refractivity contribution < 1.29 is 44.8 Å². The molecular formula is C22H27NO9. The Balaban J connectivity index is 1.60. The quantitative estimate of drug-likeness (QED) is 0.297. The Hall–Kier alpha value is -2.60. The van der Waals surface area contributed by atoms with Crippen LogP contribution in [0.5, 0.6) is 23.0 Å². The van der Waals surface area contributed by atoms with E-state index in [0.29, 0.717) is 18.7 Å². The molecule has 10 heteroatoms. The van der Waals surface area contributed by atoms with Gasteiger partial charge in [0.05, 0.1) is 19.8 Å². The predicted octanol–water partition coefficient (Wildman–Crippen LogP) is -0.480. The van der Waals surface area contributed by atoms with Crippen molar-refractivity contribution in [1.29, 1.82) is 0 Å². The highest BCUT2D eigenvalue weighted by atomic mass is 16.7. The van der Waals surface area contributed by atoms with Gasteiger partial charge in [-0.05, 0) is 47.4 Å². The average Bonchev–Trinajstić information content (AvgIpc) is 2.80. The fraction of sp³-hybridized carbons (Fsp3) is 0.455. The van der Waals surface area contributed by atoms with Crippen LogP contribution < -0.4 is 14.8 Å². The van der Waals surface area contributed by atoms with E-state index in [0.717, 1.165) is 16.7 Å². The van der Waals surface area contributed by atoms with Crippen LogP contribution in [0.2, 0.25) is 0 Å². The third-order valence-electron chi connectivity index (χ3n) is 5.90. The number of nitrogens with one attached hydrogen (secondary N) is 1. The summed E-state index contributed by atoms with van der Waals surface area (Å²) in [5.41, 5.74) is 2.56. The SMILES string of the molecule is COc1cc(C2NCCc3cc(O)c(O)cc32)ccc1O[C@@H]1OC(CO)[C@@H](O)C(O)[C@@H]1O. The van der Waals surface area contributed by atoms with Crippen molar-refractivity contribution in [2.24, 2.45) is 0 Å². The van der Waals surface area contributed by atoms with Crippen LogP contribution in [0.4, 0.5) is 0 Å². The van der Waals surface area contributed by atoms with Crippen LogP contribution >= 0.6 is 0 Å². The van der Waals surface area contributed by atoms with Crippen molar-refractivity contribution in [3.63, 3.8) is 0 Å². The van der Waals surface area contributed by atoms with E-state index >= 15 is 0 Å². The summed E-state index contributed by atoms with van der Waals surface area (Å²) in [6, 6.07) is 7.96. The standard InChI is InChI=1S/C22H27NO9/c1-30-16-7-11(18-12-8-14(26)13(25)6-10(12)4-5-23-18)2-3-15(16)31-22-21(29)20(28)19(27)17(9-24)32-22/h2-3,6-8,17-29H,4-5,9H2,1H3/t17?,18?,19-,20?,21+,22-/m1/s1. The Labute approximate surface area is 184 Å². The lowest BCUT2D eigenvalue weighted by atomic mass is 9.89. The number of aliphatic hydroxyl groups is 4. The minimum absolute atomic E-state index is 0.162. The molecule has 6 atom stereocenters. The highest BCUT2D eigenvalue weighted by Crippen LogP contribution is 2.39. The Kier molecular flexibility index (Phi) is 6.42. The smallest absolute Gasteiger partial charge is 0.229 e. The van der Waals surface area contributed by atoms with Gasteiger partial charge in [0.15, 0.2) is 23.0 Å². The molecule has 0 aliphatic carbocycles. The van der Waals surface area contributed by atoms with Gasteiger partial charge in [-0.1, -0.05) is 6.07 Å². The number of fused-ring (bicyclic) bond motifs is 1. The Morgan fingerprint density at radius 2 is 1.75 bits per heavy atom. The van der Waals surface area contributed by atoms with E-state index < -0.39 is 37.3 Å². The maximum atomic E-state index is 10.2. The third-order valence-corrected chi connectivity index (χ3v) is 5.90. The van der Waals surface area contributed by atoms with Gasteiger partial charge in [-0.15, -0.1) is 0 Å². The van der Waals surface area contributed by atoms with E-state index in [-0.39, 0.29) is 23.3 Å². The Bertz CT molecular complexity index is 967. The van der Waals surface area contributed by atoms with Gasteiger partial charge in [0.1, 0.15) is 24.4 Å². The molecular weight excluding hydrogens is 422 g/mol. The first kappa shape index (κ1) is 22.6. The lowest BCUT2D eigenvalue weighted by Crippen LogP contribution is -2.60. The van der Waals surface area contributed by atoms with Crippen LogP contribution in [-0.2, 0) is 11.2 Å². The number of aliphatic hydroxyl groups excluding tert-OH is 4. The van der Waals surface area contributed by atoms with Gasteiger partial charge in [-0.2, -0.15) is 0 Å². The first-order valence-electron chi connectivity index (χ1n) is 10.3. The second-order valence-electron chi connectivity index (χ2n) is 7.90. The van der Waals surface area contributed by atoms with Crippen LogP contribution in [0.1, 0.15) is 22.7 Å². The fourth-order valence-electron chi connectivity index (χ4n) is 4.13. The van der Waals surface area contributed by atoms with Crippen LogP contribution in [0, 0.1) is 0 Å². The molecule has 7 N–H and O–H groups in total. The molecule has 0 spiro atoms. The molecule has 0 bridgehead atoms. The number of methoxy groups -OCH3 is 1. The van der Waals surface area contributed by atoms with Crippen LogP contribution in [0.25, 0.3) is 0 Å². The molecule has 1 fully saturated rings. The number of hydrogen-bond donors (Lipinski definition) is 7. The topological polar surface area (TPSA) is 161 Å². The summed E-state index contributed by atoms with van der Waals surface area (Å²) in [6.07, 6.45) is -6.29. The molecule has 0 saturated carbocycles. The molecule has 1 saturated heterocycles. The lowest BCUT2D eigenvalue weighted by molar-refractivity contribution is -0.277. The zero-order chi connectivity index (χ0) is 23.0. The number of phenolic OH excluding ortho intramolecular Hbond substituents is 2. The van der Waals surface area contributed by atoms with E-state index in [1.54, 1.807) is 24.3 Å². The van der Waals surface area contributed by atoms with Crippen LogP contribution in [-0.4, -0.2) is 81.6 Å². The van der Waals surface area contributed by atoms with Gasteiger partial charge in [-0.25, -0.2) is 0 Å². The number of benzene rings is 2. The zero-order valence-electron chi connectivity index (χ0n) is 17.4.